The number of piperazine rings is 1. The van der Waals surface area contributed by atoms with Gasteiger partial charge in [-0.1, -0.05) is 56.3 Å². The van der Waals surface area contributed by atoms with Gasteiger partial charge in [0, 0.05) is 45.1 Å². The van der Waals surface area contributed by atoms with Gasteiger partial charge in [-0.05, 0) is 41.8 Å². The molecule has 1 saturated heterocycles. The number of nitrogens with zero attached hydrogens (tertiary/aromatic N) is 2. The highest BCUT2D eigenvalue weighted by atomic mass is 35.6. The monoisotopic (exact) mass is 617 g/mol. The van der Waals surface area contributed by atoms with Crippen molar-refractivity contribution in [2.75, 3.05) is 39.9 Å². The van der Waals surface area contributed by atoms with Crippen LogP contribution in [-0.4, -0.2) is 81.1 Å². The molecule has 0 spiro atoms. The van der Waals surface area contributed by atoms with E-state index in [4.69, 9.17) is 25.0 Å². The number of carbonyl (C=O) groups excluding carboxylic acids is 3. The van der Waals surface area contributed by atoms with E-state index in [1.165, 1.54) is 0 Å². The minimum absolute atomic E-state index is 0.0140. The second-order valence-electron chi connectivity index (χ2n) is 10.5. The topological polar surface area (TPSA) is 97.4 Å². The minimum atomic E-state index is -2.35. The molecule has 0 aromatic heterocycles. The van der Waals surface area contributed by atoms with E-state index in [9.17, 15) is 14.4 Å². The van der Waals surface area contributed by atoms with E-state index in [-0.39, 0.29) is 49.8 Å². The predicted octanol–water partition coefficient (Wildman–Crippen LogP) is 4.48. The van der Waals surface area contributed by atoms with Crippen molar-refractivity contribution in [3.8, 4) is 5.75 Å². The van der Waals surface area contributed by atoms with Crippen molar-refractivity contribution in [3.63, 3.8) is 0 Å². The summed E-state index contributed by atoms with van der Waals surface area (Å²) in [4.78, 5) is 42.0. The molecule has 1 fully saturated rings. The largest absolute Gasteiger partial charge is 0.497 e. The molecule has 1 aliphatic rings. The van der Waals surface area contributed by atoms with Gasteiger partial charge in [0.1, 0.15) is 12.4 Å². The van der Waals surface area contributed by atoms with Gasteiger partial charge in [0.15, 0.2) is 0 Å². The number of halogens is 1. The second-order valence-corrected chi connectivity index (χ2v) is 16.0. The molecule has 1 unspecified atom stereocenters. The van der Waals surface area contributed by atoms with Crippen molar-refractivity contribution in [1.29, 1.82) is 0 Å². The Labute approximate surface area is 255 Å². The highest BCUT2D eigenvalue weighted by molar-refractivity contribution is 7.16. The lowest BCUT2D eigenvalue weighted by Crippen LogP contribution is -2.58. The molecule has 2 amide bonds. The van der Waals surface area contributed by atoms with Crippen LogP contribution in [0.15, 0.2) is 54.6 Å². The Kier molecular flexibility index (Phi) is 13.8. The summed E-state index contributed by atoms with van der Waals surface area (Å²) in [6, 6.07) is 18.5. The van der Waals surface area contributed by atoms with E-state index in [2.05, 4.69) is 10.2 Å². The molecule has 3 rings (SSSR count). The number of hydrogen-bond donors (Lipinski definition) is 1. The van der Waals surface area contributed by atoms with E-state index < -0.39 is 7.63 Å². The molecule has 0 saturated carbocycles. The zero-order valence-corrected chi connectivity index (χ0v) is 26.7. The normalized spacial score (nSPS) is 15.7. The summed E-state index contributed by atoms with van der Waals surface area (Å²) < 4.78 is 16.8. The van der Waals surface area contributed by atoms with Crippen LogP contribution < -0.4 is 10.1 Å². The molecular formula is C31H44ClN3O6Si. The number of amides is 2. The molecule has 2 aromatic rings. The van der Waals surface area contributed by atoms with Crippen molar-refractivity contribution in [2.24, 2.45) is 0 Å². The fraction of sp³-hybridized carbons (Fsp3) is 0.516. The zero-order valence-electron chi connectivity index (χ0n) is 25.0. The molecule has 1 aliphatic heterocycles. The molecule has 1 atom stereocenters. The maximum Gasteiger partial charge on any atom is 0.306 e. The van der Waals surface area contributed by atoms with Crippen LogP contribution in [0.3, 0.4) is 0 Å². The number of benzene rings is 2. The third-order valence-corrected chi connectivity index (χ3v) is 12.3. The average molecular weight is 618 g/mol. The van der Waals surface area contributed by atoms with Gasteiger partial charge in [-0.25, -0.2) is 0 Å². The molecule has 11 heteroatoms. The molecule has 1 N–H and O–H groups in total. The van der Waals surface area contributed by atoms with E-state index in [1.54, 1.807) is 7.11 Å². The zero-order chi connectivity index (χ0) is 30.4. The van der Waals surface area contributed by atoms with Crippen molar-refractivity contribution in [1.82, 2.24) is 15.1 Å². The standard InChI is InChI=1S/C31H44ClN3O6Si/c1-4-42(32,5-2)41-24-27-21-35(30(37)12-9-13-31(38)40-23-26-10-7-6-8-11-26)19-18-34(27)22-29(36)33-20-25-14-16-28(39-3)17-15-25/h6-8,10-11,14-17,27H,4-5,9,12-13,18-24H2,1-3H3,(H,33,36). The first-order valence-corrected chi connectivity index (χ1v) is 18.0. The Balaban J connectivity index is 1.50. The van der Waals surface area contributed by atoms with Crippen LogP contribution in [0.2, 0.25) is 12.1 Å². The summed E-state index contributed by atoms with van der Waals surface area (Å²) >= 11 is 6.77. The van der Waals surface area contributed by atoms with Crippen LogP contribution in [0.25, 0.3) is 0 Å². The third-order valence-electron chi connectivity index (χ3n) is 7.56. The molecular weight excluding hydrogens is 574 g/mol. The van der Waals surface area contributed by atoms with Crippen LogP contribution in [0.1, 0.15) is 44.2 Å². The van der Waals surface area contributed by atoms with Crippen LogP contribution in [-0.2, 0) is 36.7 Å². The summed E-state index contributed by atoms with van der Waals surface area (Å²) in [5, 5.41) is 2.99. The molecule has 9 nitrogen and oxygen atoms in total. The van der Waals surface area contributed by atoms with E-state index >= 15 is 0 Å². The van der Waals surface area contributed by atoms with Gasteiger partial charge >= 0.3 is 5.97 Å². The number of ether oxygens (including phenoxy) is 2. The maximum absolute atomic E-state index is 13.1. The number of carbonyl (C=O) groups is 3. The lowest BCUT2D eigenvalue weighted by atomic mass is 10.1. The van der Waals surface area contributed by atoms with Crippen LogP contribution in [0.5, 0.6) is 5.75 Å². The van der Waals surface area contributed by atoms with Crippen LogP contribution in [0, 0.1) is 0 Å². The summed E-state index contributed by atoms with van der Waals surface area (Å²) in [7, 11) is -0.736. The Morgan fingerprint density at radius 1 is 0.976 bits per heavy atom. The summed E-state index contributed by atoms with van der Waals surface area (Å²) in [6.45, 7) is 6.77. The number of hydrogen-bond acceptors (Lipinski definition) is 7. The fourth-order valence-corrected chi connectivity index (χ4v) is 6.31. The molecule has 2 aromatic carbocycles. The smallest absolute Gasteiger partial charge is 0.306 e. The maximum atomic E-state index is 13.1. The van der Waals surface area contributed by atoms with Gasteiger partial charge < -0.3 is 24.1 Å². The van der Waals surface area contributed by atoms with E-state index in [0.717, 1.165) is 29.0 Å². The van der Waals surface area contributed by atoms with Crippen LogP contribution in [0.4, 0.5) is 0 Å². The summed E-state index contributed by atoms with van der Waals surface area (Å²) in [6.07, 6.45) is 0.867. The Morgan fingerprint density at radius 3 is 2.36 bits per heavy atom. The first-order valence-electron chi connectivity index (χ1n) is 14.7. The van der Waals surface area contributed by atoms with Crippen molar-refractivity contribution in [2.45, 2.75) is 64.4 Å². The lowest BCUT2D eigenvalue weighted by molar-refractivity contribution is -0.145. The van der Waals surface area contributed by atoms with Gasteiger partial charge in [-0.2, -0.15) is 0 Å². The molecule has 230 valence electrons. The van der Waals surface area contributed by atoms with Crippen LogP contribution >= 0.6 is 11.1 Å². The summed E-state index contributed by atoms with van der Waals surface area (Å²) in [5.74, 6) is 0.345. The van der Waals surface area contributed by atoms with Gasteiger partial charge in [0.2, 0.25) is 11.8 Å². The van der Waals surface area contributed by atoms with Gasteiger partial charge in [0.05, 0.1) is 20.3 Å². The highest BCUT2D eigenvalue weighted by Gasteiger charge is 2.35. The third kappa shape index (κ3) is 11.1. The Hall–Kier alpha value is -2.92. The molecule has 0 radical (unpaired) electrons. The van der Waals surface area contributed by atoms with Crippen molar-refractivity contribution >= 4 is 36.5 Å². The van der Waals surface area contributed by atoms with Gasteiger partial charge in [-0.3, -0.25) is 19.3 Å². The molecule has 42 heavy (non-hydrogen) atoms. The van der Waals surface area contributed by atoms with E-state index in [0.29, 0.717) is 39.2 Å². The number of esters is 1. The average Bonchev–Trinajstić information content (AvgIpc) is 3.02. The van der Waals surface area contributed by atoms with Crippen molar-refractivity contribution in [3.05, 3.63) is 65.7 Å². The first-order chi connectivity index (χ1) is 20.2. The van der Waals surface area contributed by atoms with Gasteiger partial charge in [0.25, 0.3) is 7.63 Å². The summed E-state index contributed by atoms with van der Waals surface area (Å²) in [5.41, 5.74) is 1.91. The molecule has 0 bridgehead atoms. The number of rotatable bonds is 16. The quantitative estimate of drug-likeness (QED) is 0.169. The lowest BCUT2D eigenvalue weighted by Gasteiger charge is -2.42. The minimum Gasteiger partial charge on any atom is -0.497 e. The molecule has 1 heterocycles. The number of nitrogens with one attached hydrogen (secondary N) is 1. The predicted molar refractivity (Wildman–Crippen MR) is 165 cm³/mol. The van der Waals surface area contributed by atoms with E-state index in [1.807, 2.05) is 73.3 Å². The second kappa shape index (κ2) is 17.3. The first kappa shape index (κ1) is 33.6. The Bertz CT molecular complexity index is 1130. The van der Waals surface area contributed by atoms with Crippen molar-refractivity contribution < 1.29 is 28.3 Å². The Morgan fingerprint density at radius 2 is 1.69 bits per heavy atom. The fourth-order valence-electron chi connectivity index (χ4n) is 4.72. The molecule has 0 aliphatic carbocycles. The van der Waals surface area contributed by atoms with Gasteiger partial charge in [-0.15, -0.1) is 11.1 Å². The highest BCUT2D eigenvalue weighted by Crippen LogP contribution is 2.23. The number of methoxy groups -OCH3 is 1. The SMILES string of the molecule is CC[Si](Cl)(CC)OCC1CN(C(=O)CCCC(=O)OCc2ccccc2)CCN1CC(=O)NCc1ccc(OC)cc1.